The first-order chi connectivity index (χ1) is 5.71. The zero-order valence-electron chi connectivity index (χ0n) is 8.15. The Labute approximate surface area is 74.7 Å². The third kappa shape index (κ3) is 1.86. The largest absolute Gasteiger partial charge is 0.305 e. The zero-order valence-corrected chi connectivity index (χ0v) is 8.15. The highest BCUT2D eigenvalue weighted by Gasteiger charge is 2.37. The molecule has 70 valence electrons. The minimum atomic E-state index is -0.143. The first kappa shape index (κ1) is 9.72. The summed E-state index contributed by atoms with van der Waals surface area (Å²) in [4.78, 5) is 11.4. The van der Waals surface area contributed by atoms with Gasteiger partial charge in [-0.15, -0.1) is 0 Å². The van der Waals surface area contributed by atoms with E-state index in [1.165, 1.54) is 12.8 Å². The number of hydrogen-bond donors (Lipinski definition) is 1. The number of Topliss-reactive ketones (excluding diaryl/α,β-unsaturated/α-hetero) is 1. The minimum absolute atomic E-state index is 0.143. The van der Waals surface area contributed by atoms with Crippen molar-refractivity contribution in [2.24, 2.45) is 0 Å². The van der Waals surface area contributed by atoms with Crippen LogP contribution in [0.3, 0.4) is 0 Å². The van der Waals surface area contributed by atoms with Crippen LogP contribution in [-0.4, -0.2) is 17.9 Å². The molecule has 0 unspecified atom stereocenters. The van der Waals surface area contributed by atoms with Crippen LogP contribution in [0, 0.1) is 0 Å². The van der Waals surface area contributed by atoms with Crippen molar-refractivity contribution in [3.05, 3.63) is 0 Å². The molecule has 0 atom stereocenters. The Morgan fingerprint density at radius 1 is 1.42 bits per heavy atom. The molecule has 0 aromatic heterocycles. The highest BCUT2D eigenvalue weighted by atomic mass is 16.1. The van der Waals surface area contributed by atoms with Gasteiger partial charge >= 0.3 is 0 Å². The van der Waals surface area contributed by atoms with Crippen molar-refractivity contribution in [1.29, 1.82) is 0 Å². The van der Waals surface area contributed by atoms with Gasteiger partial charge in [-0.05, 0) is 32.7 Å². The molecule has 0 heterocycles. The summed E-state index contributed by atoms with van der Waals surface area (Å²) < 4.78 is 0. The molecule has 1 rings (SSSR count). The molecule has 1 N–H and O–H groups in total. The molecule has 12 heavy (non-hydrogen) atoms. The van der Waals surface area contributed by atoms with Crippen molar-refractivity contribution < 1.29 is 4.79 Å². The summed E-state index contributed by atoms with van der Waals surface area (Å²) in [6, 6.07) is 0. The maximum absolute atomic E-state index is 11.4. The molecule has 2 nitrogen and oxygen atoms in total. The Morgan fingerprint density at radius 2 is 2.00 bits per heavy atom. The molecule has 0 aliphatic heterocycles. The normalized spacial score (nSPS) is 21.2. The van der Waals surface area contributed by atoms with Crippen LogP contribution in [0.15, 0.2) is 0 Å². The quantitative estimate of drug-likeness (QED) is 0.696. The highest BCUT2D eigenvalue weighted by Crippen LogP contribution is 2.30. The van der Waals surface area contributed by atoms with Crippen LogP contribution < -0.4 is 5.32 Å². The first-order valence-corrected chi connectivity index (χ1v) is 4.97. The van der Waals surface area contributed by atoms with E-state index in [9.17, 15) is 4.79 Å². The molecule has 2 heteroatoms. The Balaban J connectivity index is 2.53. The predicted molar refractivity (Wildman–Crippen MR) is 50.2 cm³/mol. The van der Waals surface area contributed by atoms with Crippen molar-refractivity contribution in [3.8, 4) is 0 Å². The Hall–Kier alpha value is -0.370. The second-order valence-corrected chi connectivity index (χ2v) is 3.77. The van der Waals surface area contributed by atoms with Gasteiger partial charge in [0.15, 0.2) is 0 Å². The summed E-state index contributed by atoms with van der Waals surface area (Å²) in [6.45, 7) is 4.82. The molecule has 0 radical (unpaired) electrons. The third-order valence-electron chi connectivity index (χ3n) is 2.84. The molecule has 1 fully saturated rings. The summed E-state index contributed by atoms with van der Waals surface area (Å²) in [5.74, 6) is 0.327. The number of rotatable bonds is 4. The number of nitrogens with one attached hydrogen (secondary N) is 1. The van der Waals surface area contributed by atoms with Gasteiger partial charge in [0.2, 0.25) is 0 Å². The lowest BCUT2D eigenvalue weighted by Crippen LogP contribution is -2.48. The topological polar surface area (TPSA) is 29.1 Å². The van der Waals surface area contributed by atoms with Crippen LogP contribution in [0.2, 0.25) is 0 Å². The van der Waals surface area contributed by atoms with Crippen LogP contribution in [0.4, 0.5) is 0 Å². The fourth-order valence-corrected chi connectivity index (χ4v) is 2.00. The van der Waals surface area contributed by atoms with E-state index in [2.05, 4.69) is 12.2 Å². The summed E-state index contributed by atoms with van der Waals surface area (Å²) >= 11 is 0. The molecular weight excluding hydrogens is 150 g/mol. The van der Waals surface area contributed by atoms with Crippen LogP contribution in [-0.2, 0) is 4.79 Å². The van der Waals surface area contributed by atoms with Crippen molar-refractivity contribution in [3.63, 3.8) is 0 Å². The average molecular weight is 169 g/mol. The fourth-order valence-electron chi connectivity index (χ4n) is 2.00. The third-order valence-corrected chi connectivity index (χ3v) is 2.84. The molecule has 0 saturated heterocycles. The lowest BCUT2D eigenvalue weighted by Gasteiger charge is -2.27. The number of hydrogen-bond acceptors (Lipinski definition) is 2. The standard InChI is InChI=1S/C10H19NO/c1-3-8-11-10(9(2)12)6-4-5-7-10/h11H,3-8H2,1-2H3. The molecule has 1 saturated carbocycles. The second kappa shape index (κ2) is 4.04. The molecule has 0 aromatic carbocycles. The Morgan fingerprint density at radius 3 is 2.42 bits per heavy atom. The number of ketones is 1. The van der Waals surface area contributed by atoms with Crippen molar-refractivity contribution in [2.75, 3.05) is 6.54 Å². The Kier molecular flexibility index (Phi) is 3.27. The molecule has 0 amide bonds. The van der Waals surface area contributed by atoms with E-state index in [0.29, 0.717) is 5.78 Å². The van der Waals surface area contributed by atoms with Gasteiger partial charge in [0.25, 0.3) is 0 Å². The Bertz CT molecular complexity index is 159. The molecule has 0 aromatic rings. The van der Waals surface area contributed by atoms with E-state index in [1.54, 1.807) is 6.92 Å². The average Bonchev–Trinajstić information content (AvgIpc) is 2.50. The van der Waals surface area contributed by atoms with Crippen molar-refractivity contribution >= 4 is 5.78 Å². The maximum atomic E-state index is 11.4. The minimum Gasteiger partial charge on any atom is -0.305 e. The second-order valence-electron chi connectivity index (χ2n) is 3.77. The zero-order chi connectivity index (χ0) is 9.03. The fraction of sp³-hybridized carbons (Fsp3) is 0.900. The van der Waals surface area contributed by atoms with E-state index >= 15 is 0 Å². The van der Waals surface area contributed by atoms with Gasteiger partial charge < -0.3 is 5.32 Å². The van der Waals surface area contributed by atoms with Crippen molar-refractivity contribution in [2.45, 2.75) is 51.5 Å². The lowest BCUT2D eigenvalue weighted by atomic mass is 9.93. The van der Waals surface area contributed by atoms with E-state index in [-0.39, 0.29) is 5.54 Å². The highest BCUT2D eigenvalue weighted by molar-refractivity contribution is 5.86. The first-order valence-electron chi connectivity index (χ1n) is 4.97. The number of carbonyl (C=O) groups is 1. The lowest BCUT2D eigenvalue weighted by molar-refractivity contribution is -0.123. The summed E-state index contributed by atoms with van der Waals surface area (Å²) in [5.41, 5.74) is -0.143. The maximum Gasteiger partial charge on any atom is 0.149 e. The molecule has 1 aliphatic rings. The van der Waals surface area contributed by atoms with Crippen LogP contribution in [0.5, 0.6) is 0 Å². The summed E-state index contributed by atoms with van der Waals surface area (Å²) in [7, 11) is 0. The van der Waals surface area contributed by atoms with Gasteiger partial charge in [-0.1, -0.05) is 19.8 Å². The van der Waals surface area contributed by atoms with Gasteiger partial charge in [-0.2, -0.15) is 0 Å². The van der Waals surface area contributed by atoms with Crippen LogP contribution >= 0.6 is 0 Å². The predicted octanol–water partition coefficient (Wildman–Crippen LogP) is 1.89. The van der Waals surface area contributed by atoms with Gasteiger partial charge in [0, 0.05) is 0 Å². The van der Waals surface area contributed by atoms with Crippen LogP contribution in [0.1, 0.15) is 46.0 Å². The smallest absolute Gasteiger partial charge is 0.149 e. The van der Waals surface area contributed by atoms with Gasteiger partial charge in [-0.3, -0.25) is 4.79 Å². The van der Waals surface area contributed by atoms with Gasteiger partial charge in [0.05, 0.1) is 5.54 Å². The summed E-state index contributed by atoms with van der Waals surface area (Å²) in [5, 5.41) is 3.39. The molecular formula is C10H19NO. The van der Waals surface area contributed by atoms with E-state index in [4.69, 9.17) is 0 Å². The molecule has 0 bridgehead atoms. The van der Waals surface area contributed by atoms with E-state index in [1.807, 2.05) is 0 Å². The van der Waals surface area contributed by atoms with Gasteiger partial charge in [-0.25, -0.2) is 0 Å². The SMILES string of the molecule is CCCNC1(C(C)=O)CCCC1. The van der Waals surface area contributed by atoms with Crippen LogP contribution in [0.25, 0.3) is 0 Å². The van der Waals surface area contributed by atoms with E-state index < -0.39 is 0 Å². The summed E-state index contributed by atoms with van der Waals surface area (Å²) in [6.07, 6.45) is 5.60. The van der Waals surface area contributed by atoms with Crippen molar-refractivity contribution in [1.82, 2.24) is 5.32 Å². The monoisotopic (exact) mass is 169 g/mol. The number of carbonyl (C=O) groups excluding carboxylic acids is 1. The van der Waals surface area contributed by atoms with Gasteiger partial charge in [0.1, 0.15) is 5.78 Å². The molecule has 0 spiro atoms. The van der Waals surface area contributed by atoms with E-state index in [0.717, 1.165) is 25.8 Å². The molecule has 1 aliphatic carbocycles.